The van der Waals surface area contributed by atoms with Crippen LogP contribution in [-0.2, 0) is 19.4 Å². The molecule has 0 aliphatic heterocycles. The van der Waals surface area contributed by atoms with E-state index >= 15 is 0 Å². The molecule has 1 fully saturated rings. The van der Waals surface area contributed by atoms with Gasteiger partial charge in [-0.2, -0.15) is 5.26 Å². The molecule has 1 aliphatic carbocycles. The normalized spacial score (nSPS) is 14.1. The van der Waals surface area contributed by atoms with Gasteiger partial charge in [-0.15, -0.1) is 0 Å². The molecule has 0 radical (unpaired) electrons. The standard InChI is InChI=1S/C30H35N3O/c1-3-4-15-29-28(30(34)33(22(2)32-29)21-23-11-7-5-8-12-23)19-24-16-17-27(26(18-24)20-31)25-13-9-6-10-14-25/h6,9-10,13-14,16-18,23H,3-5,7-8,11-12,15,19,21H2,1-2H3. The lowest BCUT2D eigenvalue weighted by molar-refractivity contribution is 0.311. The number of benzene rings is 2. The first kappa shape index (κ1) is 24.0. The van der Waals surface area contributed by atoms with Gasteiger partial charge in [-0.05, 0) is 61.3 Å². The number of hydrogen-bond donors (Lipinski definition) is 0. The average Bonchev–Trinajstić information content (AvgIpc) is 2.88. The molecule has 34 heavy (non-hydrogen) atoms. The molecule has 1 aliphatic rings. The van der Waals surface area contributed by atoms with Crippen LogP contribution in [0.15, 0.2) is 53.3 Å². The predicted molar refractivity (Wildman–Crippen MR) is 138 cm³/mol. The van der Waals surface area contributed by atoms with E-state index in [4.69, 9.17) is 4.98 Å². The third-order valence-electron chi connectivity index (χ3n) is 7.14. The highest BCUT2D eigenvalue weighted by Gasteiger charge is 2.20. The Hall–Kier alpha value is -3.19. The highest BCUT2D eigenvalue weighted by atomic mass is 16.1. The van der Waals surface area contributed by atoms with Crippen LogP contribution in [0.25, 0.3) is 11.1 Å². The molecule has 0 bridgehead atoms. The van der Waals surface area contributed by atoms with Crippen molar-refractivity contribution in [1.82, 2.24) is 9.55 Å². The third-order valence-corrected chi connectivity index (χ3v) is 7.14. The Kier molecular flexibility index (Phi) is 7.95. The lowest BCUT2D eigenvalue weighted by Gasteiger charge is -2.24. The van der Waals surface area contributed by atoms with Crippen molar-refractivity contribution in [1.29, 1.82) is 5.26 Å². The van der Waals surface area contributed by atoms with E-state index in [1.165, 1.54) is 32.1 Å². The number of unbranched alkanes of at least 4 members (excludes halogenated alkanes) is 1. The summed E-state index contributed by atoms with van der Waals surface area (Å²) in [6.07, 6.45) is 9.65. The zero-order valence-electron chi connectivity index (χ0n) is 20.5. The van der Waals surface area contributed by atoms with E-state index in [2.05, 4.69) is 19.1 Å². The maximum atomic E-state index is 13.8. The van der Waals surface area contributed by atoms with Crippen LogP contribution in [0.4, 0.5) is 0 Å². The van der Waals surface area contributed by atoms with E-state index in [1.54, 1.807) is 0 Å². The highest BCUT2D eigenvalue weighted by Crippen LogP contribution is 2.27. The molecule has 0 unspecified atom stereocenters. The van der Waals surface area contributed by atoms with E-state index in [1.807, 2.05) is 54.0 Å². The molecule has 0 atom stereocenters. The van der Waals surface area contributed by atoms with Crippen molar-refractivity contribution >= 4 is 0 Å². The molecule has 3 aromatic rings. The van der Waals surface area contributed by atoms with Gasteiger partial charge in [0.05, 0.1) is 17.3 Å². The Bertz CT molecular complexity index is 1210. The highest BCUT2D eigenvalue weighted by molar-refractivity contribution is 5.71. The van der Waals surface area contributed by atoms with Gasteiger partial charge >= 0.3 is 0 Å². The minimum atomic E-state index is 0.106. The number of nitriles is 1. The smallest absolute Gasteiger partial charge is 0.257 e. The van der Waals surface area contributed by atoms with E-state index in [-0.39, 0.29) is 5.56 Å². The van der Waals surface area contributed by atoms with E-state index in [0.717, 1.165) is 59.6 Å². The molecule has 0 amide bonds. The fraction of sp³-hybridized carbons (Fsp3) is 0.433. The zero-order chi connectivity index (χ0) is 23.9. The van der Waals surface area contributed by atoms with Crippen LogP contribution in [0.3, 0.4) is 0 Å². The predicted octanol–water partition coefficient (Wildman–Crippen LogP) is 6.60. The van der Waals surface area contributed by atoms with E-state index < -0.39 is 0 Å². The second-order valence-electron chi connectivity index (χ2n) is 9.64. The molecule has 4 rings (SSSR count). The van der Waals surface area contributed by atoms with Gasteiger partial charge in [0.15, 0.2) is 0 Å². The summed E-state index contributed by atoms with van der Waals surface area (Å²) in [5.74, 6) is 1.40. The Morgan fingerprint density at radius 3 is 2.56 bits per heavy atom. The fourth-order valence-electron chi connectivity index (χ4n) is 5.20. The van der Waals surface area contributed by atoms with Crippen LogP contribution >= 0.6 is 0 Å². The van der Waals surface area contributed by atoms with Crippen LogP contribution in [0, 0.1) is 24.2 Å². The minimum Gasteiger partial charge on any atom is -0.296 e. The Labute approximate surface area is 203 Å². The first-order valence-electron chi connectivity index (χ1n) is 12.8. The maximum absolute atomic E-state index is 13.8. The van der Waals surface area contributed by atoms with Crippen molar-refractivity contribution in [2.75, 3.05) is 0 Å². The van der Waals surface area contributed by atoms with Crippen molar-refractivity contribution < 1.29 is 0 Å². The van der Waals surface area contributed by atoms with Gasteiger partial charge in [-0.1, -0.05) is 75.1 Å². The Morgan fingerprint density at radius 2 is 1.85 bits per heavy atom. The second kappa shape index (κ2) is 11.3. The number of aromatic nitrogens is 2. The topological polar surface area (TPSA) is 58.7 Å². The quantitative estimate of drug-likeness (QED) is 0.386. The molecule has 4 heteroatoms. The van der Waals surface area contributed by atoms with Crippen molar-refractivity contribution in [3.8, 4) is 17.2 Å². The lowest BCUT2D eigenvalue weighted by atomic mass is 9.89. The molecule has 0 spiro atoms. The molecule has 176 valence electrons. The number of nitrogens with zero attached hydrogens (tertiary/aromatic N) is 3. The van der Waals surface area contributed by atoms with Gasteiger partial charge in [-0.25, -0.2) is 4.98 Å². The van der Waals surface area contributed by atoms with Gasteiger partial charge in [0, 0.05) is 18.5 Å². The average molecular weight is 454 g/mol. The molecule has 2 aromatic carbocycles. The zero-order valence-corrected chi connectivity index (χ0v) is 20.5. The molecule has 0 saturated heterocycles. The van der Waals surface area contributed by atoms with E-state index in [9.17, 15) is 10.1 Å². The van der Waals surface area contributed by atoms with Crippen molar-refractivity contribution in [3.05, 3.63) is 87.1 Å². The summed E-state index contributed by atoms with van der Waals surface area (Å²) >= 11 is 0. The fourth-order valence-corrected chi connectivity index (χ4v) is 5.20. The van der Waals surface area contributed by atoms with Crippen molar-refractivity contribution in [2.45, 2.75) is 78.2 Å². The van der Waals surface area contributed by atoms with Crippen molar-refractivity contribution in [2.24, 2.45) is 5.92 Å². The first-order valence-corrected chi connectivity index (χ1v) is 12.8. The summed E-state index contributed by atoms with van der Waals surface area (Å²) in [6, 6.07) is 18.3. The molecule has 1 aromatic heterocycles. The van der Waals surface area contributed by atoms with Gasteiger partial charge in [-0.3, -0.25) is 9.36 Å². The van der Waals surface area contributed by atoms with Crippen LogP contribution in [-0.4, -0.2) is 9.55 Å². The van der Waals surface area contributed by atoms with Gasteiger partial charge in [0.25, 0.3) is 5.56 Å². The Balaban J connectivity index is 1.70. The van der Waals surface area contributed by atoms with Crippen LogP contribution in [0.1, 0.15) is 80.1 Å². The van der Waals surface area contributed by atoms with E-state index in [0.29, 0.717) is 17.9 Å². The monoisotopic (exact) mass is 453 g/mol. The summed E-state index contributed by atoms with van der Waals surface area (Å²) in [6.45, 7) is 4.92. The molecular formula is C30H35N3O. The number of aryl methyl sites for hydroxylation is 2. The largest absolute Gasteiger partial charge is 0.296 e. The van der Waals surface area contributed by atoms with Gasteiger partial charge in [0.1, 0.15) is 5.82 Å². The third kappa shape index (κ3) is 5.47. The SMILES string of the molecule is CCCCc1nc(C)n(CC2CCCCC2)c(=O)c1Cc1ccc(-c2ccccc2)c(C#N)c1. The summed E-state index contributed by atoms with van der Waals surface area (Å²) < 4.78 is 1.92. The van der Waals surface area contributed by atoms with Gasteiger partial charge in [0.2, 0.25) is 0 Å². The van der Waals surface area contributed by atoms with Crippen LogP contribution < -0.4 is 5.56 Å². The van der Waals surface area contributed by atoms with Crippen LogP contribution in [0.2, 0.25) is 0 Å². The number of hydrogen-bond acceptors (Lipinski definition) is 3. The summed E-state index contributed by atoms with van der Waals surface area (Å²) in [7, 11) is 0. The second-order valence-corrected chi connectivity index (χ2v) is 9.64. The molecule has 0 N–H and O–H groups in total. The number of rotatable bonds is 8. The molecular weight excluding hydrogens is 418 g/mol. The maximum Gasteiger partial charge on any atom is 0.257 e. The van der Waals surface area contributed by atoms with Crippen molar-refractivity contribution in [3.63, 3.8) is 0 Å². The summed E-state index contributed by atoms with van der Waals surface area (Å²) in [4.78, 5) is 18.7. The lowest BCUT2D eigenvalue weighted by Crippen LogP contribution is -2.32. The Morgan fingerprint density at radius 1 is 1.09 bits per heavy atom. The minimum absolute atomic E-state index is 0.106. The molecule has 1 saturated carbocycles. The summed E-state index contributed by atoms with van der Waals surface area (Å²) in [5, 5.41) is 9.83. The molecule has 1 heterocycles. The molecule has 4 nitrogen and oxygen atoms in total. The first-order chi connectivity index (χ1) is 16.6. The van der Waals surface area contributed by atoms with Gasteiger partial charge < -0.3 is 0 Å². The summed E-state index contributed by atoms with van der Waals surface area (Å²) in [5.41, 5.74) is 5.41. The van der Waals surface area contributed by atoms with Crippen LogP contribution in [0.5, 0.6) is 0 Å².